The number of carbonyl (C=O) groups is 1. The molecule has 0 aliphatic rings. The fourth-order valence-electron chi connectivity index (χ4n) is 1.33. The highest BCUT2D eigenvalue weighted by Crippen LogP contribution is 2.21. The first-order valence-corrected chi connectivity index (χ1v) is 5.34. The topological polar surface area (TPSA) is 34.9 Å². The fourth-order valence-corrected chi connectivity index (χ4v) is 1.67. The van der Waals surface area contributed by atoms with Gasteiger partial charge in [0.15, 0.2) is 6.29 Å². The first-order chi connectivity index (χ1) is 7.61. The third-order valence-corrected chi connectivity index (χ3v) is 2.91. The highest BCUT2D eigenvalue weighted by molar-refractivity contribution is 6.33. The summed E-state index contributed by atoms with van der Waals surface area (Å²) in [5.74, 6) is 0. The van der Waals surface area contributed by atoms with Crippen molar-refractivity contribution < 1.29 is 4.79 Å². The quantitative estimate of drug-likeness (QED) is 0.771. The van der Waals surface area contributed by atoms with Crippen LogP contribution in [0.4, 0.5) is 0 Å². The number of benzene rings is 1. The zero-order valence-corrected chi connectivity index (χ0v) is 9.96. The average molecular weight is 255 g/mol. The number of nitrogens with zero attached hydrogens (tertiary/aromatic N) is 2. The lowest BCUT2D eigenvalue weighted by Gasteiger charge is -2.02. The van der Waals surface area contributed by atoms with Crippen molar-refractivity contribution in [2.45, 2.75) is 6.92 Å². The number of aldehydes is 1. The fraction of sp³-hybridized carbons (Fsp3) is 0.0909. The largest absolute Gasteiger partial charge is 0.298 e. The van der Waals surface area contributed by atoms with Crippen LogP contribution in [-0.4, -0.2) is 16.1 Å². The summed E-state index contributed by atoms with van der Waals surface area (Å²) in [5, 5.41) is 5.21. The molecule has 0 N–H and O–H groups in total. The van der Waals surface area contributed by atoms with Crippen LogP contribution in [0.2, 0.25) is 10.0 Å². The van der Waals surface area contributed by atoms with Crippen molar-refractivity contribution in [3.8, 4) is 5.69 Å². The van der Waals surface area contributed by atoms with Crippen molar-refractivity contribution in [3.63, 3.8) is 0 Å². The van der Waals surface area contributed by atoms with Gasteiger partial charge in [0.25, 0.3) is 0 Å². The molecule has 0 aliphatic carbocycles. The zero-order chi connectivity index (χ0) is 11.7. The van der Waals surface area contributed by atoms with E-state index in [-0.39, 0.29) is 0 Å². The molecule has 0 spiro atoms. The Morgan fingerprint density at radius 1 is 1.31 bits per heavy atom. The summed E-state index contributed by atoms with van der Waals surface area (Å²) in [6, 6.07) is 5.09. The summed E-state index contributed by atoms with van der Waals surface area (Å²) >= 11 is 11.8. The van der Waals surface area contributed by atoms with E-state index in [1.807, 2.05) is 6.92 Å². The molecule has 82 valence electrons. The van der Waals surface area contributed by atoms with Gasteiger partial charge in [-0.05, 0) is 25.1 Å². The summed E-state index contributed by atoms with van der Waals surface area (Å²) in [6.45, 7) is 1.82. The number of hydrogen-bond donors (Lipinski definition) is 0. The maximum atomic E-state index is 10.6. The van der Waals surface area contributed by atoms with Gasteiger partial charge >= 0.3 is 0 Å². The molecule has 3 nitrogen and oxygen atoms in total. The van der Waals surface area contributed by atoms with E-state index in [9.17, 15) is 4.79 Å². The summed E-state index contributed by atoms with van der Waals surface area (Å²) in [6.07, 6.45) is 2.41. The van der Waals surface area contributed by atoms with Crippen molar-refractivity contribution in [3.05, 3.63) is 45.7 Å². The van der Waals surface area contributed by atoms with E-state index in [0.717, 1.165) is 11.4 Å². The van der Waals surface area contributed by atoms with E-state index in [0.29, 0.717) is 21.9 Å². The van der Waals surface area contributed by atoms with E-state index < -0.39 is 0 Å². The lowest BCUT2D eigenvalue weighted by atomic mass is 10.2. The van der Waals surface area contributed by atoms with Gasteiger partial charge in [0.1, 0.15) is 0 Å². The first-order valence-electron chi connectivity index (χ1n) is 4.58. The van der Waals surface area contributed by atoms with Gasteiger partial charge in [0, 0.05) is 11.8 Å². The van der Waals surface area contributed by atoms with Crippen LogP contribution in [0.3, 0.4) is 0 Å². The number of hydrogen-bond acceptors (Lipinski definition) is 2. The second-order valence-electron chi connectivity index (χ2n) is 3.33. The van der Waals surface area contributed by atoms with Gasteiger partial charge < -0.3 is 0 Å². The molecular formula is C11H8Cl2N2O. The average Bonchev–Trinajstić information content (AvgIpc) is 2.59. The van der Waals surface area contributed by atoms with Crippen LogP contribution < -0.4 is 0 Å². The third-order valence-electron chi connectivity index (χ3n) is 2.21. The Balaban J connectivity index is 2.48. The third kappa shape index (κ3) is 1.96. The Hall–Kier alpha value is -1.32. The molecule has 0 saturated heterocycles. The summed E-state index contributed by atoms with van der Waals surface area (Å²) in [4.78, 5) is 10.6. The van der Waals surface area contributed by atoms with E-state index in [1.165, 1.54) is 0 Å². The van der Waals surface area contributed by atoms with Crippen molar-refractivity contribution >= 4 is 29.5 Å². The lowest BCUT2D eigenvalue weighted by Crippen LogP contribution is -1.95. The van der Waals surface area contributed by atoms with E-state index in [1.54, 1.807) is 29.1 Å². The van der Waals surface area contributed by atoms with Gasteiger partial charge in [-0.15, -0.1) is 0 Å². The van der Waals surface area contributed by atoms with Gasteiger partial charge in [-0.25, -0.2) is 4.68 Å². The molecule has 2 aromatic rings. The molecule has 16 heavy (non-hydrogen) atoms. The van der Waals surface area contributed by atoms with Crippen LogP contribution in [-0.2, 0) is 0 Å². The summed E-state index contributed by atoms with van der Waals surface area (Å²) < 4.78 is 1.62. The molecule has 2 rings (SSSR count). The van der Waals surface area contributed by atoms with Crippen molar-refractivity contribution in [1.82, 2.24) is 9.78 Å². The van der Waals surface area contributed by atoms with Crippen molar-refractivity contribution in [2.24, 2.45) is 0 Å². The lowest BCUT2D eigenvalue weighted by molar-refractivity contribution is 0.112. The summed E-state index contributed by atoms with van der Waals surface area (Å²) in [7, 11) is 0. The Labute approximate surface area is 103 Å². The second-order valence-corrected chi connectivity index (χ2v) is 4.15. The molecule has 0 atom stereocenters. The smallest absolute Gasteiger partial charge is 0.151 e. The van der Waals surface area contributed by atoms with Gasteiger partial charge in [-0.1, -0.05) is 23.2 Å². The second kappa shape index (κ2) is 4.28. The normalized spacial score (nSPS) is 10.4. The van der Waals surface area contributed by atoms with E-state index in [4.69, 9.17) is 23.2 Å². The highest BCUT2D eigenvalue weighted by atomic mass is 35.5. The molecule has 0 bridgehead atoms. The SMILES string of the molecule is Cc1nn(-c2ccc(C=O)c(Cl)c2)cc1Cl. The zero-order valence-electron chi connectivity index (χ0n) is 8.45. The van der Waals surface area contributed by atoms with Gasteiger partial charge in [0.05, 0.1) is 21.4 Å². The standard InChI is InChI=1S/C11H8Cl2N2O/c1-7-11(13)5-15(14-7)9-3-2-8(6-16)10(12)4-9/h2-6H,1H3. The Morgan fingerprint density at radius 3 is 2.56 bits per heavy atom. The molecule has 0 amide bonds. The predicted octanol–water partition coefficient (Wildman–Crippen LogP) is 3.30. The minimum Gasteiger partial charge on any atom is -0.298 e. The van der Waals surface area contributed by atoms with Crippen LogP contribution >= 0.6 is 23.2 Å². The maximum absolute atomic E-state index is 10.6. The minimum atomic E-state index is 0.400. The molecule has 1 aromatic heterocycles. The van der Waals surface area contributed by atoms with Crippen LogP contribution in [0.25, 0.3) is 5.69 Å². The van der Waals surface area contributed by atoms with Gasteiger partial charge in [-0.2, -0.15) is 5.10 Å². The molecule has 0 unspecified atom stereocenters. The van der Waals surface area contributed by atoms with Crippen LogP contribution in [0.5, 0.6) is 0 Å². The molecule has 5 heteroatoms. The van der Waals surface area contributed by atoms with Gasteiger partial charge in [0.2, 0.25) is 0 Å². The van der Waals surface area contributed by atoms with Crippen LogP contribution in [0.15, 0.2) is 24.4 Å². The van der Waals surface area contributed by atoms with Crippen LogP contribution in [0, 0.1) is 6.92 Å². The molecular weight excluding hydrogens is 247 g/mol. The first kappa shape index (κ1) is 11.2. The Kier molecular flexibility index (Phi) is 2.99. The molecule has 0 radical (unpaired) electrons. The van der Waals surface area contributed by atoms with E-state index in [2.05, 4.69) is 5.10 Å². The Bertz CT molecular complexity index is 529. The van der Waals surface area contributed by atoms with Crippen LogP contribution in [0.1, 0.15) is 16.1 Å². The molecule has 0 aliphatic heterocycles. The van der Waals surface area contributed by atoms with Crippen molar-refractivity contribution in [2.75, 3.05) is 0 Å². The molecule has 1 aromatic carbocycles. The number of carbonyl (C=O) groups excluding carboxylic acids is 1. The minimum absolute atomic E-state index is 0.400. The maximum Gasteiger partial charge on any atom is 0.151 e. The van der Waals surface area contributed by atoms with Gasteiger partial charge in [-0.3, -0.25) is 4.79 Å². The summed E-state index contributed by atoms with van der Waals surface area (Å²) in [5.41, 5.74) is 1.98. The number of halogens is 2. The highest BCUT2D eigenvalue weighted by Gasteiger charge is 2.06. The molecule has 0 saturated carbocycles. The van der Waals surface area contributed by atoms with Crippen molar-refractivity contribution in [1.29, 1.82) is 0 Å². The number of rotatable bonds is 2. The Morgan fingerprint density at radius 2 is 2.06 bits per heavy atom. The molecule has 0 fully saturated rings. The number of aryl methyl sites for hydroxylation is 1. The number of aromatic nitrogens is 2. The predicted molar refractivity (Wildman–Crippen MR) is 63.7 cm³/mol. The van der Waals surface area contributed by atoms with E-state index >= 15 is 0 Å². The monoisotopic (exact) mass is 254 g/mol. The molecule has 1 heterocycles.